The lowest BCUT2D eigenvalue weighted by molar-refractivity contribution is -0.121. The molecule has 2 amide bonds. The maximum atomic E-state index is 14.7. The van der Waals surface area contributed by atoms with E-state index in [0.717, 1.165) is 41.7 Å². The monoisotopic (exact) mass is 778 g/mol. The summed E-state index contributed by atoms with van der Waals surface area (Å²) in [7, 11) is 0.751. The Balaban J connectivity index is 1.31. The maximum absolute atomic E-state index is 14.7. The summed E-state index contributed by atoms with van der Waals surface area (Å²) in [6.07, 6.45) is 2.60. The number of fused-ring (bicyclic) bond motifs is 6. The topological polar surface area (TPSA) is 156 Å². The molecule has 0 aliphatic carbocycles. The number of methoxy groups -OCH3 is 3. The summed E-state index contributed by atoms with van der Waals surface area (Å²) in [5.41, 5.74) is 2.81. The van der Waals surface area contributed by atoms with Gasteiger partial charge in [-0.15, -0.1) is 0 Å². The van der Waals surface area contributed by atoms with Gasteiger partial charge in [0.05, 0.1) is 46.6 Å². The summed E-state index contributed by atoms with van der Waals surface area (Å²) >= 11 is 0. The standard InChI is InChI=1S/C39H50N6O9S/c1-26-29-11-5-6-12-32(29)54-35(26)39(47)43-13-7-8-15-45(55(48,49)44-16-18-53-19-17-44)25-34(46)40-22-27-10-9-14-42(23-27)38-28(24-43)20-30-31(41-38)21-33(50-2)37(52-4)36(30)51-3/h5-6,11-12,20-21,27H,7-10,13-19,22-25H2,1-4H3,(H,40,46). The molecule has 7 rings (SSSR count). The molecule has 2 aromatic heterocycles. The van der Waals surface area contributed by atoms with Crippen LogP contribution in [0, 0.1) is 12.8 Å². The van der Waals surface area contributed by atoms with Gasteiger partial charge < -0.3 is 38.5 Å². The summed E-state index contributed by atoms with van der Waals surface area (Å²) in [6, 6.07) is 11.4. The molecular weight excluding hydrogens is 729 g/mol. The predicted octanol–water partition coefficient (Wildman–Crippen LogP) is 3.96. The molecule has 0 spiro atoms. The van der Waals surface area contributed by atoms with Crippen molar-refractivity contribution in [2.75, 3.05) is 91.8 Å². The Bertz CT molecular complexity index is 2150. The number of rotatable bonds is 6. The molecule has 3 aliphatic rings. The average Bonchev–Trinajstić information content (AvgIpc) is 3.55. The third-order valence-corrected chi connectivity index (χ3v) is 12.8. The number of aryl methyl sites for hydroxylation is 1. The van der Waals surface area contributed by atoms with Crippen LogP contribution < -0.4 is 24.4 Å². The zero-order valence-corrected chi connectivity index (χ0v) is 32.8. The van der Waals surface area contributed by atoms with E-state index in [-0.39, 0.29) is 62.8 Å². The first-order chi connectivity index (χ1) is 26.6. The van der Waals surface area contributed by atoms with Crippen LogP contribution in [-0.4, -0.2) is 126 Å². The first kappa shape index (κ1) is 38.6. The van der Waals surface area contributed by atoms with Crippen molar-refractivity contribution in [1.29, 1.82) is 0 Å². The van der Waals surface area contributed by atoms with Crippen LogP contribution in [0.25, 0.3) is 21.9 Å². The minimum Gasteiger partial charge on any atom is -0.493 e. The van der Waals surface area contributed by atoms with Crippen LogP contribution in [0.2, 0.25) is 0 Å². The number of amides is 2. The number of hydrogen-bond acceptors (Lipinski definition) is 11. The number of benzene rings is 2. The van der Waals surface area contributed by atoms with Gasteiger partial charge >= 0.3 is 0 Å². The van der Waals surface area contributed by atoms with E-state index in [4.69, 9.17) is 28.3 Å². The van der Waals surface area contributed by atoms with Gasteiger partial charge in [0.1, 0.15) is 11.4 Å². The van der Waals surface area contributed by atoms with Crippen molar-refractivity contribution in [2.45, 2.75) is 39.2 Å². The van der Waals surface area contributed by atoms with Gasteiger partial charge in [-0.2, -0.15) is 17.0 Å². The highest BCUT2D eigenvalue weighted by Gasteiger charge is 2.34. The number of carbonyl (C=O) groups is 2. The van der Waals surface area contributed by atoms with E-state index >= 15 is 0 Å². The number of hydrogen-bond donors (Lipinski definition) is 1. The van der Waals surface area contributed by atoms with Crippen LogP contribution in [0.4, 0.5) is 5.82 Å². The van der Waals surface area contributed by atoms with Gasteiger partial charge in [-0.25, -0.2) is 4.98 Å². The van der Waals surface area contributed by atoms with Crippen LogP contribution in [0.3, 0.4) is 0 Å². The van der Waals surface area contributed by atoms with Gasteiger partial charge in [0.25, 0.3) is 16.1 Å². The predicted molar refractivity (Wildman–Crippen MR) is 207 cm³/mol. The lowest BCUT2D eigenvalue weighted by atomic mass is 9.97. The van der Waals surface area contributed by atoms with Crippen LogP contribution in [0.15, 0.2) is 40.8 Å². The third-order valence-electron chi connectivity index (χ3n) is 10.8. The lowest BCUT2D eigenvalue weighted by Gasteiger charge is -2.36. The van der Waals surface area contributed by atoms with Gasteiger partial charge in [-0.3, -0.25) is 9.59 Å². The van der Waals surface area contributed by atoms with Gasteiger partial charge in [-0.05, 0) is 50.7 Å². The lowest BCUT2D eigenvalue weighted by Crippen LogP contribution is -2.52. The Morgan fingerprint density at radius 1 is 0.891 bits per heavy atom. The molecule has 2 saturated heterocycles. The molecule has 0 radical (unpaired) electrons. The van der Waals surface area contributed by atoms with Crippen LogP contribution in [0.5, 0.6) is 17.2 Å². The molecule has 3 aliphatic heterocycles. The Morgan fingerprint density at radius 3 is 2.40 bits per heavy atom. The molecule has 296 valence electrons. The molecule has 1 N–H and O–H groups in total. The molecule has 16 heteroatoms. The highest BCUT2D eigenvalue weighted by atomic mass is 32.2. The number of anilines is 1. The van der Waals surface area contributed by atoms with E-state index in [2.05, 4.69) is 10.2 Å². The second-order valence-corrected chi connectivity index (χ2v) is 16.2. The number of nitrogens with one attached hydrogen (secondary N) is 1. The minimum atomic E-state index is -3.94. The third kappa shape index (κ3) is 7.90. The quantitative estimate of drug-likeness (QED) is 0.303. The van der Waals surface area contributed by atoms with Crippen LogP contribution in [-0.2, 0) is 26.3 Å². The number of carbonyl (C=O) groups excluding carboxylic acids is 2. The van der Waals surface area contributed by atoms with Crippen LogP contribution >= 0.6 is 0 Å². The van der Waals surface area contributed by atoms with Crippen molar-refractivity contribution >= 4 is 49.7 Å². The number of morpholine rings is 1. The number of pyridine rings is 1. The number of nitrogens with zero attached hydrogens (tertiary/aromatic N) is 5. The zero-order chi connectivity index (χ0) is 38.7. The Labute approximate surface area is 321 Å². The van der Waals surface area contributed by atoms with E-state index in [1.54, 1.807) is 26.2 Å². The molecule has 2 fully saturated rings. The second kappa shape index (κ2) is 16.6. The van der Waals surface area contributed by atoms with Crippen molar-refractivity contribution in [2.24, 2.45) is 5.92 Å². The number of ether oxygens (including phenoxy) is 4. The van der Waals surface area contributed by atoms with Gasteiger partial charge in [-0.1, -0.05) is 18.2 Å². The molecule has 55 heavy (non-hydrogen) atoms. The minimum absolute atomic E-state index is 0.0797. The van der Waals surface area contributed by atoms with E-state index in [1.165, 1.54) is 8.61 Å². The van der Waals surface area contributed by atoms with E-state index in [0.29, 0.717) is 72.9 Å². The first-order valence-electron chi connectivity index (χ1n) is 18.9. The fourth-order valence-electron chi connectivity index (χ4n) is 7.90. The molecule has 5 heterocycles. The molecule has 15 nitrogen and oxygen atoms in total. The zero-order valence-electron chi connectivity index (χ0n) is 32.0. The fraction of sp³-hybridized carbons (Fsp3) is 0.513. The number of aromatic nitrogens is 1. The van der Waals surface area contributed by atoms with E-state index in [1.807, 2.05) is 43.3 Å². The van der Waals surface area contributed by atoms with Gasteiger partial charge in [0.2, 0.25) is 11.7 Å². The van der Waals surface area contributed by atoms with Crippen molar-refractivity contribution in [1.82, 2.24) is 23.8 Å². The molecule has 2 bridgehead atoms. The van der Waals surface area contributed by atoms with Crippen molar-refractivity contribution in [3.05, 3.63) is 53.3 Å². The average molecular weight is 779 g/mol. The summed E-state index contributed by atoms with van der Waals surface area (Å²) in [5.74, 6) is 1.80. The number of piperidine rings is 1. The molecule has 4 aromatic rings. The highest BCUT2D eigenvalue weighted by molar-refractivity contribution is 7.86. The van der Waals surface area contributed by atoms with Gasteiger partial charge in [0, 0.05) is 80.3 Å². The normalized spacial score (nSPS) is 19.9. The summed E-state index contributed by atoms with van der Waals surface area (Å²) in [5, 5.41) is 4.59. The maximum Gasteiger partial charge on any atom is 0.290 e. The molecule has 1 atom stereocenters. The Kier molecular flexibility index (Phi) is 11.7. The molecule has 1 unspecified atom stereocenters. The van der Waals surface area contributed by atoms with E-state index in [9.17, 15) is 18.0 Å². The molecule has 2 aromatic carbocycles. The first-order valence-corrected chi connectivity index (χ1v) is 20.3. The Hall–Kier alpha value is -4.64. The van der Waals surface area contributed by atoms with Crippen molar-refractivity contribution < 1.29 is 41.4 Å². The molecular formula is C39H50N6O9S. The summed E-state index contributed by atoms with van der Waals surface area (Å²) in [6.45, 7) is 4.94. The highest BCUT2D eigenvalue weighted by Crippen LogP contribution is 2.44. The summed E-state index contributed by atoms with van der Waals surface area (Å²) in [4.78, 5) is 37.3. The smallest absolute Gasteiger partial charge is 0.290 e. The second-order valence-electron chi connectivity index (χ2n) is 14.3. The van der Waals surface area contributed by atoms with Crippen LogP contribution in [0.1, 0.15) is 47.4 Å². The summed E-state index contributed by atoms with van der Waals surface area (Å²) < 4.78 is 59.2. The number of para-hydroxylation sites is 1. The number of furan rings is 1. The SMILES string of the molecule is COc1cc2nc3c(cc2c(OC)c1OC)CN(C(=O)c1oc2ccccc2c1C)CCCCN(S(=O)(=O)N1CCOCC1)CC(=O)NCC1CCCN3C1. The molecule has 0 saturated carbocycles. The largest absolute Gasteiger partial charge is 0.493 e. The van der Waals surface area contributed by atoms with E-state index < -0.39 is 10.2 Å². The fourth-order valence-corrected chi connectivity index (χ4v) is 9.48. The van der Waals surface area contributed by atoms with Crippen molar-refractivity contribution in [3.63, 3.8) is 0 Å². The van der Waals surface area contributed by atoms with Gasteiger partial charge in [0.15, 0.2) is 17.3 Å². The Morgan fingerprint density at radius 2 is 1.65 bits per heavy atom. The van der Waals surface area contributed by atoms with Crippen molar-refractivity contribution in [3.8, 4) is 17.2 Å².